The maximum atomic E-state index is 13.3. The molecule has 1 aliphatic heterocycles. The summed E-state index contributed by atoms with van der Waals surface area (Å²) >= 11 is 0. The van der Waals surface area contributed by atoms with E-state index in [2.05, 4.69) is 9.97 Å². The fourth-order valence-electron chi connectivity index (χ4n) is 4.15. The molecule has 0 amide bonds. The summed E-state index contributed by atoms with van der Waals surface area (Å²) in [7, 11) is -3.82. The van der Waals surface area contributed by atoms with Crippen molar-refractivity contribution in [2.45, 2.75) is 37.3 Å². The minimum absolute atomic E-state index is 0.0307. The SMILES string of the molecule is Cc1ccc(S(=O)(=O)n2ccc3c2ncc2nc(C(C)O)n(N4CCC(N)C4)c23)cc1. The highest BCUT2D eigenvalue weighted by atomic mass is 32.2. The molecule has 0 spiro atoms. The van der Waals surface area contributed by atoms with Crippen LogP contribution < -0.4 is 10.7 Å². The number of nitrogens with two attached hydrogens (primary N) is 1. The number of hydrogen-bond acceptors (Lipinski definition) is 7. The fraction of sp³-hybridized carbons (Fsp3) is 0.333. The molecule has 3 N–H and O–H groups in total. The second-order valence-corrected chi connectivity index (χ2v) is 9.89. The van der Waals surface area contributed by atoms with Crippen LogP contribution in [-0.4, -0.2) is 51.3 Å². The van der Waals surface area contributed by atoms with Crippen LogP contribution in [0, 0.1) is 6.92 Å². The number of aliphatic hydroxyl groups is 1. The van der Waals surface area contributed by atoms with Gasteiger partial charge in [-0.3, -0.25) is 0 Å². The van der Waals surface area contributed by atoms with Crippen LogP contribution in [0.3, 0.4) is 0 Å². The highest BCUT2D eigenvalue weighted by Gasteiger charge is 2.28. The van der Waals surface area contributed by atoms with Crippen molar-refractivity contribution in [2.24, 2.45) is 5.73 Å². The Morgan fingerprint density at radius 1 is 1.23 bits per heavy atom. The van der Waals surface area contributed by atoms with Crippen molar-refractivity contribution >= 4 is 32.1 Å². The molecular formula is C21H24N6O3S. The molecular weight excluding hydrogens is 416 g/mol. The standard InChI is InChI=1S/C21H24N6O3S/c1-13-3-5-16(6-4-13)31(29,30)26-10-8-17-19-18(11-23-21(17)26)24-20(14(2)28)27(19)25-9-7-15(22)12-25/h3-6,8,10-11,14-15,28H,7,9,12,22H2,1-2H3. The Morgan fingerprint density at radius 2 is 1.97 bits per heavy atom. The van der Waals surface area contributed by atoms with Crippen molar-refractivity contribution < 1.29 is 13.5 Å². The highest BCUT2D eigenvalue weighted by Crippen LogP contribution is 2.30. The molecule has 9 nitrogen and oxygen atoms in total. The van der Waals surface area contributed by atoms with Crippen LogP contribution in [0.25, 0.3) is 22.1 Å². The van der Waals surface area contributed by atoms with E-state index in [0.717, 1.165) is 18.5 Å². The van der Waals surface area contributed by atoms with Crippen LogP contribution in [0.4, 0.5) is 0 Å². The van der Waals surface area contributed by atoms with E-state index in [9.17, 15) is 13.5 Å². The number of imidazole rings is 1. The maximum Gasteiger partial charge on any atom is 0.269 e. The molecule has 5 rings (SSSR count). The summed E-state index contributed by atoms with van der Waals surface area (Å²) in [6.07, 6.45) is 3.09. The molecule has 1 fully saturated rings. The Bertz CT molecular complexity index is 1390. The molecule has 2 unspecified atom stereocenters. The predicted molar refractivity (Wildman–Crippen MR) is 118 cm³/mol. The molecule has 2 atom stereocenters. The molecule has 0 saturated carbocycles. The van der Waals surface area contributed by atoms with E-state index in [4.69, 9.17) is 5.73 Å². The summed E-state index contributed by atoms with van der Waals surface area (Å²) in [5, 5.41) is 13.0. The first-order valence-electron chi connectivity index (χ1n) is 10.2. The van der Waals surface area contributed by atoms with E-state index in [0.29, 0.717) is 34.4 Å². The Hall–Kier alpha value is -2.95. The number of rotatable bonds is 4. The Kier molecular flexibility index (Phi) is 4.54. The smallest absolute Gasteiger partial charge is 0.269 e. The summed E-state index contributed by atoms with van der Waals surface area (Å²) in [4.78, 5) is 9.19. The first-order valence-corrected chi connectivity index (χ1v) is 11.6. The zero-order chi connectivity index (χ0) is 21.9. The molecule has 162 valence electrons. The molecule has 0 radical (unpaired) electrons. The van der Waals surface area contributed by atoms with Gasteiger partial charge in [-0.25, -0.2) is 27.0 Å². The second-order valence-electron chi connectivity index (χ2n) is 8.08. The van der Waals surface area contributed by atoms with Crippen molar-refractivity contribution in [3.8, 4) is 0 Å². The minimum Gasteiger partial charge on any atom is -0.385 e. The third-order valence-electron chi connectivity index (χ3n) is 5.73. The summed E-state index contributed by atoms with van der Waals surface area (Å²) in [6.45, 7) is 4.91. The predicted octanol–water partition coefficient (Wildman–Crippen LogP) is 1.65. The third-order valence-corrected chi connectivity index (χ3v) is 7.41. The molecule has 4 aromatic rings. The van der Waals surface area contributed by atoms with Gasteiger partial charge in [-0.1, -0.05) is 17.7 Å². The van der Waals surface area contributed by atoms with Crippen LogP contribution >= 0.6 is 0 Å². The van der Waals surface area contributed by atoms with Crippen molar-refractivity contribution in [1.82, 2.24) is 18.6 Å². The zero-order valence-corrected chi connectivity index (χ0v) is 18.1. The monoisotopic (exact) mass is 440 g/mol. The van der Waals surface area contributed by atoms with Crippen LogP contribution in [0.15, 0.2) is 47.6 Å². The van der Waals surface area contributed by atoms with Gasteiger partial charge in [0.2, 0.25) is 0 Å². The Labute approximate surface area is 179 Å². The van der Waals surface area contributed by atoms with Crippen molar-refractivity contribution in [2.75, 3.05) is 18.1 Å². The lowest BCUT2D eigenvalue weighted by atomic mass is 10.2. The summed E-state index contributed by atoms with van der Waals surface area (Å²) in [5.41, 5.74) is 8.72. The maximum absolute atomic E-state index is 13.3. The average Bonchev–Trinajstić information content (AvgIpc) is 3.43. The van der Waals surface area contributed by atoms with E-state index in [1.54, 1.807) is 43.5 Å². The molecule has 10 heteroatoms. The first-order chi connectivity index (χ1) is 14.8. The number of aliphatic hydroxyl groups excluding tert-OH is 1. The number of hydrogen-bond donors (Lipinski definition) is 2. The van der Waals surface area contributed by atoms with Crippen LogP contribution in [0.1, 0.15) is 30.8 Å². The zero-order valence-electron chi connectivity index (χ0n) is 17.3. The van der Waals surface area contributed by atoms with Crippen LogP contribution in [0.2, 0.25) is 0 Å². The van der Waals surface area contributed by atoms with E-state index < -0.39 is 16.1 Å². The van der Waals surface area contributed by atoms with Gasteiger partial charge in [0.25, 0.3) is 10.0 Å². The molecule has 31 heavy (non-hydrogen) atoms. The van der Waals surface area contributed by atoms with Gasteiger partial charge in [0.15, 0.2) is 11.5 Å². The lowest BCUT2D eigenvalue weighted by molar-refractivity contribution is 0.184. The topological polar surface area (TPSA) is 119 Å². The van der Waals surface area contributed by atoms with Crippen molar-refractivity contribution in [3.63, 3.8) is 0 Å². The number of aryl methyl sites for hydroxylation is 1. The number of aromatic nitrogens is 4. The van der Waals surface area contributed by atoms with Gasteiger partial charge in [-0.2, -0.15) is 0 Å². The molecule has 0 bridgehead atoms. The Morgan fingerprint density at radius 3 is 2.61 bits per heavy atom. The third kappa shape index (κ3) is 3.10. The molecule has 1 aliphatic rings. The number of benzene rings is 1. The van der Waals surface area contributed by atoms with Gasteiger partial charge in [0.05, 0.1) is 11.1 Å². The quantitative estimate of drug-likeness (QED) is 0.495. The van der Waals surface area contributed by atoms with Gasteiger partial charge >= 0.3 is 0 Å². The van der Waals surface area contributed by atoms with E-state index in [1.807, 2.05) is 16.6 Å². The fourth-order valence-corrected chi connectivity index (χ4v) is 5.45. The molecule has 1 aromatic carbocycles. The molecule has 0 aliphatic carbocycles. The van der Waals surface area contributed by atoms with Gasteiger partial charge < -0.3 is 15.8 Å². The van der Waals surface area contributed by atoms with E-state index >= 15 is 0 Å². The van der Waals surface area contributed by atoms with Gasteiger partial charge in [0.1, 0.15) is 17.1 Å². The summed E-state index contributed by atoms with van der Waals surface area (Å²) in [5.74, 6) is 0.479. The first kappa shape index (κ1) is 20.0. The molecule has 4 heterocycles. The Balaban J connectivity index is 1.75. The van der Waals surface area contributed by atoms with Gasteiger partial charge in [-0.05, 0) is 38.5 Å². The summed E-state index contributed by atoms with van der Waals surface area (Å²) < 4.78 is 29.6. The molecule has 1 saturated heterocycles. The van der Waals surface area contributed by atoms with Gasteiger partial charge in [-0.15, -0.1) is 0 Å². The number of pyridine rings is 1. The summed E-state index contributed by atoms with van der Waals surface area (Å²) in [6, 6.07) is 8.49. The number of nitrogens with zero attached hydrogens (tertiary/aromatic N) is 5. The van der Waals surface area contributed by atoms with Crippen LogP contribution in [0.5, 0.6) is 0 Å². The lowest BCUT2D eigenvalue weighted by Crippen LogP contribution is -2.36. The normalized spacial score (nSPS) is 18.3. The lowest BCUT2D eigenvalue weighted by Gasteiger charge is -2.24. The van der Waals surface area contributed by atoms with E-state index in [-0.39, 0.29) is 10.9 Å². The van der Waals surface area contributed by atoms with Crippen LogP contribution in [-0.2, 0) is 10.0 Å². The van der Waals surface area contributed by atoms with Crippen molar-refractivity contribution in [3.05, 3.63) is 54.1 Å². The average molecular weight is 441 g/mol. The van der Waals surface area contributed by atoms with E-state index in [1.165, 1.54) is 10.2 Å². The molecule has 3 aromatic heterocycles. The van der Waals surface area contributed by atoms with Crippen molar-refractivity contribution in [1.29, 1.82) is 0 Å². The number of fused-ring (bicyclic) bond motifs is 3. The minimum atomic E-state index is -3.82. The van der Waals surface area contributed by atoms with Gasteiger partial charge in [0, 0.05) is 30.7 Å². The largest absolute Gasteiger partial charge is 0.385 e. The highest BCUT2D eigenvalue weighted by molar-refractivity contribution is 7.90. The second kappa shape index (κ2) is 7.04.